The predicted molar refractivity (Wildman–Crippen MR) is 101 cm³/mol. The van der Waals surface area contributed by atoms with Gasteiger partial charge < -0.3 is 10.2 Å². The zero-order valence-electron chi connectivity index (χ0n) is 13.4. The van der Waals surface area contributed by atoms with Crippen molar-refractivity contribution in [1.82, 2.24) is 19.6 Å². The normalized spacial score (nSPS) is 17.2. The molecule has 0 aromatic carbocycles. The molecule has 6 nitrogen and oxygen atoms in total. The first-order chi connectivity index (χ1) is 11.2. The monoisotopic (exact) mass is 388 g/mol. The molecule has 1 atom stereocenters. The van der Waals surface area contributed by atoms with Crippen LogP contribution in [-0.4, -0.2) is 52.1 Å². The van der Waals surface area contributed by atoms with Crippen LogP contribution >= 0.6 is 35.5 Å². The molecule has 132 valence electrons. The van der Waals surface area contributed by atoms with E-state index >= 15 is 0 Å². The molecule has 0 bridgehead atoms. The van der Waals surface area contributed by atoms with E-state index in [9.17, 15) is 9.59 Å². The van der Waals surface area contributed by atoms with E-state index in [1.807, 2.05) is 17.3 Å². The smallest absolute Gasteiger partial charge is 0.258 e. The predicted octanol–water partition coefficient (Wildman–Crippen LogP) is 1.62. The fraction of sp³-hybridized carbons (Fsp3) is 0.533. The van der Waals surface area contributed by atoms with E-state index in [0.717, 1.165) is 31.6 Å². The van der Waals surface area contributed by atoms with Crippen LogP contribution < -0.4 is 10.9 Å². The summed E-state index contributed by atoms with van der Waals surface area (Å²) in [6.45, 7) is 1.70. The topological polar surface area (TPSA) is 66.7 Å². The van der Waals surface area contributed by atoms with Crippen molar-refractivity contribution in [1.29, 1.82) is 0 Å². The fourth-order valence-corrected chi connectivity index (χ4v) is 4.44. The van der Waals surface area contributed by atoms with Gasteiger partial charge >= 0.3 is 0 Å². The highest BCUT2D eigenvalue weighted by atomic mass is 35.5. The SMILES string of the molecule is CNCC1CCCN1C(=O)CSCc1cc(=O)n2ccsc2n1.Cl. The van der Waals surface area contributed by atoms with E-state index in [1.165, 1.54) is 27.5 Å². The minimum absolute atomic E-state index is 0. The molecule has 0 spiro atoms. The highest BCUT2D eigenvalue weighted by molar-refractivity contribution is 7.99. The summed E-state index contributed by atoms with van der Waals surface area (Å²) in [6, 6.07) is 1.87. The molecule has 1 unspecified atom stereocenters. The van der Waals surface area contributed by atoms with Crippen molar-refractivity contribution < 1.29 is 4.79 Å². The summed E-state index contributed by atoms with van der Waals surface area (Å²) in [5.74, 6) is 1.20. The molecule has 1 amide bonds. The number of hydrogen-bond donors (Lipinski definition) is 1. The molecule has 24 heavy (non-hydrogen) atoms. The van der Waals surface area contributed by atoms with Crippen LogP contribution in [0.15, 0.2) is 22.4 Å². The Morgan fingerprint density at radius 1 is 1.54 bits per heavy atom. The summed E-state index contributed by atoms with van der Waals surface area (Å²) >= 11 is 2.97. The lowest BCUT2D eigenvalue weighted by molar-refractivity contribution is -0.129. The molecular weight excluding hydrogens is 368 g/mol. The maximum atomic E-state index is 12.4. The van der Waals surface area contributed by atoms with E-state index in [4.69, 9.17) is 0 Å². The third-order valence-corrected chi connectivity index (χ3v) is 5.68. The van der Waals surface area contributed by atoms with Crippen molar-refractivity contribution in [2.45, 2.75) is 24.6 Å². The molecule has 1 aliphatic heterocycles. The minimum Gasteiger partial charge on any atom is -0.338 e. The summed E-state index contributed by atoms with van der Waals surface area (Å²) in [6.07, 6.45) is 3.88. The molecule has 1 saturated heterocycles. The molecule has 3 rings (SSSR count). The number of nitrogens with zero attached hydrogens (tertiary/aromatic N) is 3. The molecular formula is C15H21ClN4O2S2. The zero-order chi connectivity index (χ0) is 16.2. The number of carbonyl (C=O) groups is 1. The number of carbonyl (C=O) groups excluding carboxylic acids is 1. The summed E-state index contributed by atoms with van der Waals surface area (Å²) in [5, 5.41) is 5.00. The summed E-state index contributed by atoms with van der Waals surface area (Å²) < 4.78 is 1.54. The number of likely N-dealkylation sites (N-methyl/N-ethyl adjacent to an activating group) is 1. The average Bonchev–Trinajstić information content (AvgIpc) is 3.16. The number of fused-ring (bicyclic) bond motifs is 1. The van der Waals surface area contributed by atoms with Gasteiger partial charge in [-0.05, 0) is 19.9 Å². The summed E-state index contributed by atoms with van der Waals surface area (Å²) in [5.41, 5.74) is 0.676. The molecule has 1 aliphatic rings. The Kier molecular flexibility index (Phi) is 7.09. The molecule has 1 N–H and O–H groups in total. The van der Waals surface area contributed by atoms with Gasteiger partial charge in [0.15, 0.2) is 4.96 Å². The minimum atomic E-state index is -0.0631. The van der Waals surface area contributed by atoms with Crippen LogP contribution in [0.3, 0.4) is 0 Å². The first kappa shape index (κ1) is 19.2. The Bertz CT molecular complexity index is 748. The second kappa shape index (κ2) is 8.84. The summed E-state index contributed by atoms with van der Waals surface area (Å²) in [7, 11) is 1.92. The van der Waals surface area contributed by atoms with Gasteiger partial charge in [0.25, 0.3) is 5.56 Å². The van der Waals surface area contributed by atoms with Crippen LogP contribution in [0.1, 0.15) is 18.5 Å². The second-order valence-corrected chi connectivity index (χ2v) is 7.43. The Labute approximate surface area is 155 Å². The number of halogens is 1. The molecule has 0 saturated carbocycles. The Morgan fingerprint density at radius 2 is 2.38 bits per heavy atom. The maximum Gasteiger partial charge on any atom is 0.258 e. The molecule has 2 aromatic rings. The molecule has 2 aromatic heterocycles. The number of aromatic nitrogens is 2. The quantitative estimate of drug-likeness (QED) is 0.814. The third-order valence-electron chi connectivity index (χ3n) is 3.97. The van der Waals surface area contributed by atoms with Gasteiger partial charge in [-0.2, -0.15) is 0 Å². The lowest BCUT2D eigenvalue weighted by Crippen LogP contribution is -2.41. The van der Waals surface area contributed by atoms with Crippen molar-refractivity contribution in [3.63, 3.8) is 0 Å². The first-order valence-electron chi connectivity index (χ1n) is 7.66. The van der Waals surface area contributed by atoms with Crippen molar-refractivity contribution in [2.75, 3.05) is 25.9 Å². The highest BCUT2D eigenvalue weighted by Crippen LogP contribution is 2.19. The van der Waals surface area contributed by atoms with Crippen LogP contribution in [0.4, 0.5) is 0 Å². The van der Waals surface area contributed by atoms with Crippen LogP contribution in [-0.2, 0) is 10.5 Å². The van der Waals surface area contributed by atoms with E-state index in [2.05, 4.69) is 10.3 Å². The van der Waals surface area contributed by atoms with E-state index in [0.29, 0.717) is 22.5 Å². The standard InChI is InChI=1S/C15H20N4O2S2.ClH/c1-16-8-12-3-2-4-18(12)14(21)10-22-9-11-7-13(20)19-5-6-23-15(19)17-11;/h5-7,12,16H,2-4,8-10H2,1H3;1H. The maximum absolute atomic E-state index is 12.4. The number of hydrogen-bond acceptors (Lipinski definition) is 6. The second-order valence-electron chi connectivity index (χ2n) is 5.57. The van der Waals surface area contributed by atoms with Gasteiger partial charge in [0, 0.05) is 42.5 Å². The lowest BCUT2D eigenvalue weighted by atomic mass is 10.2. The van der Waals surface area contributed by atoms with Gasteiger partial charge in [0.1, 0.15) is 0 Å². The lowest BCUT2D eigenvalue weighted by Gasteiger charge is -2.24. The highest BCUT2D eigenvalue weighted by Gasteiger charge is 2.27. The average molecular weight is 389 g/mol. The van der Waals surface area contributed by atoms with Crippen LogP contribution in [0.5, 0.6) is 0 Å². The summed E-state index contributed by atoms with van der Waals surface area (Å²) in [4.78, 5) is 31.4. The van der Waals surface area contributed by atoms with Crippen molar-refractivity contribution >= 4 is 46.4 Å². The van der Waals surface area contributed by atoms with Crippen LogP contribution in [0.25, 0.3) is 4.96 Å². The third kappa shape index (κ3) is 4.30. The molecule has 0 aliphatic carbocycles. The number of rotatable bonds is 6. The number of likely N-dealkylation sites (tertiary alicyclic amines) is 1. The van der Waals surface area contributed by atoms with Crippen molar-refractivity contribution in [2.24, 2.45) is 0 Å². The van der Waals surface area contributed by atoms with Gasteiger partial charge in [-0.3, -0.25) is 14.0 Å². The Balaban J connectivity index is 0.00000208. The van der Waals surface area contributed by atoms with Gasteiger partial charge in [-0.25, -0.2) is 4.98 Å². The largest absolute Gasteiger partial charge is 0.338 e. The Hall–Kier alpha value is -1.09. The van der Waals surface area contributed by atoms with Crippen molar-refractivity contribution in [3.05, 3.63) is 33.7 Å². The fourth-order valence-electron chi connectivity index (χ4n) is 2.90. The number of amides is 1. The van der Waals surface area contributed by atoms with Gasteiger partial charge in [-0.1, -0.05) is 0 Å². The van der Waals surface area contributed by atoms with Gasteiger partial charge in [0.2, 0.25) is 5.91 Å². The first-order valence-corrected chi connectivity index (χ1v) is 9.70. The number of thiazole rings is 1. The van der Waals surface area contributed by atoms with Gasteiger partial charge in [0.05, 0.1) is 11.4 Å². The number of nitrogens with one attached hydrogen (secondary N) is 1. The Morgan fingerprint density at radius 3 is 3.17 bits per heavy atom. The van der Waals surface area contributed by atoms with E-state index in [-0.39, 0.29) is 23.9 Å². The number of thioether (sulfide) groups is 1. The van der Waals surface area contributed by atoms with Gasteiger partial charge in [-0.15, -0.1) is 35.5 Å². The molecule has 3 heterocycles. The van der Waals surface area contributed by atoms with E-state index < -0.39 is 0 Å². The van der Waals surface area contributed by atoms with Crippen LogP contribution in [0, 0.1) is 0 Å². The molecule has 0 radical (unpaired) electrons. The van der Waals surface area contributed by atoms with Crippen LogP contribution in [0.2, 0.25) is 0 Å². The van der Waals surface area contributed by atoms with E-state index in [1.54, 1.807) is 12.3 Å². The molecule has 1 fully saturated rings. The molecule has 9 heteroatoms. The zero-order valence-corrected chi connectivity index (χ0v) is 15.9. The van der Waals surface area contributed by atoms with Crippen molar-refractivity contribution in [3.8, 4) is 0 Å².